The van der Waals surface area contributed by atoms with E-state index < -0.39 is 11.6 Å². The Bertz CT molecular complexity index is 453. The van der Waals surface area contributed by atoms with Gasteiger partial charge in [0.25, 0.3) is 0 Å². The highest BCUT2D eigenvalue weighted by atomic mass is 35.5. The first kappa shape index (κ1) is 16.8. The van der Waals surface area contributed by atoms with Gasteiger partial charge in [0, 0.05) is 25.2 Å². The summed E-state index contributed by atoms with van der Waals surface area (Å²) in [4.78, 5) is 13.6. The van der Waals surface area contributed by atoms with Crippen molar-refractivity contribution in [2.24, 2.45) is 5.73 Å². The number of halogens is 3. The minimum Gasteiger partial charge on any atom is -0.373 e. The van der Waals surface area contributed by atoms with E-state index in [1.807, 2.05) is 0 Å². The first-order chi connectivity index (χ1) is 9.11. The molecule has 2 rings (SSSR count). The SMILES string of the molecule is Cl.NCC1CN(C(=O)Cc2c(F)cccc2F)CCO1. The van der Waals surface area contributed by atoms with Gasteiger partial charge in [0.05, 0.1) is 19.1 Å². The maximum Gasteiger partial charge on any atom is 0.227 e. The van der Waals surface area contributed by atoms with E-state index in [9.17, 15) is 13.6 Å². The minimum absolute atomic E-state index is 0. The molecule has 4 nitrogen and oxygen atoms in total. The predicted octanol–water partition coefficient (Wildman–Crippen LogP) is 1.12. The normalized spacial score (nSPS) is 18.6. The summed E-state index contributed by atoms with van der Waals surface area (Å²) in [5, 5.41) is 0. The lowest BCUT2D eigenvalue weighted by Crippen LogP contribution is -2.48. The molecule has 1 aromatic carbocycles. The Morgan fingerprint density at radius 3 is 2.65 bits per heavy atom. The van der Waals surface area contributed by atoms with Crippen LogP contribution in [0.3, 0.4) is 0 Å². The summed E-state index contributed by atoms with van der Waals surface area (Å²) in [5.41, 5.74) is 5.29. The summed E-state index contributed by atoms with van der Waals surface area (Å²) < 4.78 is 32.3. The summed E-state index contributed by atoms with van der Waals surface area (Å²) >= 11 is 0. The van der Waals surface area contributed by atoms with Crippen LogP contribution in [0.1, 0.15) is 5.56 Å². The Balaban J connectivity index is 0.00000200. The van der Waals surface area contributed by atoms with Crippen LogP contribution < -0.4 is 5.73 Å². The van der Waals surface area contributed by atoms with Crippen LogP contribution in [0.4, 0.5) is 8.78 Å². The summed E-state index contributed by atoms with van der Waals surface area (Å²) in [5.74, 6) is -1.71. The molecule has 1 aliphatic heterocycles. The van der Waals surface area contributed by atoms with Crippen molar-refractivity contribution in [1.29, 1.82) is 0 Å². The zero-order chi connectivity index (χ0) is 13.8. The van der Waals surface area contributed by atoms with Gasteiger partial charge < -0.3 is 15.4 Å². The molecular weight excluding hydrogens is 290 g/mol. The van der Waals surface area contributed by atoms with Gasteiger partial charge in [0.2, 0.25) is 5.91 Å². The highest BCUT2D eigenvalue weighted by molar-refractivity contribution is 5.85. The monoisotopic (exact) mass is 306 g/mol. The van der Waals surface area contributed by atoms with Crippen LogP contribution in [0.15, 0.2) is 18.2 Å². The van der Waals surface area contributed by atoms with Gasteiger partial charge in [-0.2, -0.15) is 0 Å². The summed E-state index contributed by atoms with van der Waals surface area (Å²) in [7, 11) is 0. The van der Waals surface area contributed by atoms with Crippen LogP contribution in [0, 0.1) is 11.6 Å². The number of ether oxygens (including phenoxy) is 1. The average Bonchev–Trinajstić information content (AvgIpc) is 2.43. The van der Waals surface area contributed by atoms with Gasteiger partial charge in [-0.1, -0.05) is 6.07 Å². The molecule has 1 fully saturated rings. The molecule has 1 saturated heterocycles. The second kappa shape index (κ2) is 7.52. The molecule has 7 heteroatoms. The number of nitrogens with two attached hydrogens (primary N) is 1. The predicted molar refractivity (Wildman–Crippen MR) is 72.7 cm³/mol. The Morgan fingerprint density at radius 2 is 2.05 bits per heavy atom. The summed E-state index contributed by atoms with van der Waals surface area (Å²) in [6.07, 6.45) is -0.487. The lowest BCUT2D eigenvalue weighted by Gasteiger charge is -2.32. The molecule has 20 heavy (non-hydrogen) atoms. The quantitative estimate of drug-likeness (QED) is 0.910. The Hall–Kier alpha value is -1.24. The first-order valence-corrected chi connectivity index (χ1v) is 6.14. The molecule has 1 amide bonds. The molecule has 112 valence electrons. The lowest BCUT2D eigenvalue weighted by atomic mass is 10.1. The van der Waals surface area contributed by atoms with Gasteiger partial charge in [0.15, 0.2) is 0 Å². The van der Waals surface area contributed by atoms with Crippen molar-refractivity contribution < 1.29 is 18.3 Å². The minimum atomic E-state index is -0.697. The second-order valence-electron chi connectivity index (χ2n) is 4.45. The molecule has 0 aromatic heterocycles. The molecule has 0 spiro atoms. The lowest BCUT2D eigenvalue weighted by molar-refractivity contribution is -0.137. The van der Waals surface area contributed by atoms with E-state index in [2.05, 4.69) is 0 Å². The number of nitrogens with zero attached hydrogens (tertiary/aromatic N) is 1. The molecule has 0 radical (unpaired) electrons. The van der Waals surface area contributed by atoms with Crippen LogP contribution in [-0.2, 0) is 16.0 Å². The molecular formula is C13H17ClF2N2O2. The van der Waals surface area contributed by atoms with Crippen molar-refractivity contribution in [3.05, 3.63) is 35.4 Å². The molecule has 1 aromatic rings. The average molecular weight is 307 g/mol. The van der Waals surface area contributed by atoms with Crippen LogP contribution >= 0.6 is 12.4 Å². The standard InChI is InChI=1S/C13H16F2N2O2.ClH/c14-11-2-1-3-12(15)10(11)6-13(18)17-4-5-19-9(7-16)8-17;/h1-3,9H,4-8,16H2;1H. The fourth-order valence-corrected chi connectivity index (χ4v) is 2.05. The Morgan fingerprint density at radius 1 is 1.40 bits per heavy atom. The Kier molecular flexibility index (Phi) is 6.32. The van der Waals surface area contributed by atoms with Crippen LogP contribution in [0.25, 0.3) is 0 Å². The molecule has 0 aliphatic carbocycles. The number of hydrogen-bond donors (Lipinski definition) is 1. The molecule has 0 bridgehead atoms. The van der Waals surface area contributed by atoms with Gasteiger partial charge in [0.1, 0.15) is 11.6 Å². The van der Waals surface area contributed by atoms with Gasteiger partial charge in [-0.25, -0.2) is 8.78 Å². The largest absolute Gasteiger partial charge is 0.373 e. The van der Waals surface area contributed by atoms with E-state index in [1.165, 1.54) is 11.0 Å². The van der Waals surface area contributed by atoms with Gasteiger partial charge >= 0.3 is 0 Å². The number of carbonyl (C=O) groups excluding carboxylic acids is 1. The van der Waals surface area contributed by atoms with E-state index in [-0.39, 0.29) is 36.4 Å². The van der Waals surface area contributed by atoms with E-state index in [0.717, 1.165) is 12.1 Å². The zero-order valence-corrected chi connectivity index (χ0v) is 11.7. The zero-order valence-electron chi connectivity index (χ0n) is 10.9. The summed E-state index contributed by atoms with van der Waals surface area (Å²) in [6, 6.07) is 3.57. The van der Waals surface area contributed by atoms with Crippen molar-refractivity contribution in [3.8, 4) is 0 Å². The third-order valence-electron chi connectivity index (χ3n) is 3.14. The molecule has 1 atom stereocenters. The highest BCUT2D eigenvalue weighted by Crippen LogP contribution is 2.15. The molecule has 1 aliphatic rings. The van der Waals surface area contributed by atoms with Gasteiger partial charge in [-0.05, 0) is 12.1 Å². The maximum atomic E-state index is 13.5. The van der Waals surface area contributed by atoms with Crippen molar-refractivity contribution in [3.63, 3.8) is 0 Å². The fraction of sp³-hybridized carbons (Fsp3) is 0.462. The van der Waals surface area contributed by atoms with E-state index in [1.54, 1.807) is 0 Å². The maximum absolute atomic E-state index is 13.5. The van der Waals surface area contributed by atoms with Crippen molar-refractivity contribution in [1.82, 2.24) is 4.90 Å². The Labute approximate surface area is 122 Å². The number of hydrogen-bond acceptors (Lipinski definition) is 3. The number of rotatable bonds is 3. The van der Waals surface area contributed by atoms with Crippen LogP contribution in [-0.4, -0.2) is 43.2 Å². The summed E-state index contributed by atoms with van der Waals surface area (Å²) in [6.45, 7) is 1.50. The third kappa shape index (κ3) is 3.88. The number of benzene rings is 1. The smallest absolute Gasteiger partial charge is 0.227 e. The van der Waals surface area contributed by atoms with Crippen molar-refractivity contribution in [2.75, 3.05) is 26.2 Å². The van der Waals surface area contributed by atoms with Crippen LogP contribution in [0.5, 0.6) is 0 Å². The molecule has 1 unspecified atom stereocenters. The van der Waals surface area contributed by atoms with Gasteiger partial charge in [-0.15, -0.1) is 12.4 Å². The molecule has 1 heterocycles. The topological polar surface area (TPSA) is 55.6 Å². The fourth-order valence-electron chi connectivity index (χ4n) is 2.05. The third-order valence-corrected chi connectivity index (χ3v) is 3.14. The van der Waals surface area contributed by atoms with E-state index >= 15 is 0 Å². The van der Waals surface area contributed by atoms with Crippen molar-refractivity contribution in [2.45, 2.75) is 12.5 Å². The van der Waals surface area contributed by atoms with E-state index in [4.69, 9.17) is 10.5 Å². The molecule has 2 N–H and O–H groups in total. The number of carbonyl (C=O) groups is 1. The second-order valence-corrected chi connectivity index (χ2v) is 4.45. The first-order valence-electron chi connectivity index (χ1n) is 6.14. The number of morpholine rings is 1. The highest BCUT2D eigenvalue weighted by Gasteiger charge is 2.24. The molecule has 0 saturated carbocycles. The number of amides is 1. The van der Waals surface area contributed by atoms with Crippen LogP contribution in [0.2, 0.25) is 0 Å². The van der Waals surface area contributed by atoms with Gasteiger partial charge in [-0.3, -0.25) is 4.79 Å². The van der Waals surface area contributed by atoms with Crippen molar-refractivity contribution >= 4 is 18.3 Å². The van der Waals surface area contributed by atoms with E-state index in [0.29, 0.717) is 26.2 Å².